The summed E-state index contributed by atoms with van der Waals surface area (Å²) in [6, 6.07) is 33.1. The molecule has 2 fully saturated rings. The van der Waals surface area contributed by atoms with Crippen molar-refractivity contribution in [1.82, 2.24) is 20.0 Å². The highest BCUT2D eigenvalue weighted by atomic mass is 35.5. The number of amides is 5. The van der Waals surface area contributed by atoms with Crippen LogP contribution >= 0.6 is 11.6 Å². The number of benzene rings is 4. The van der Waals surface area contributed by atoms with Gasteiger partial charge in [0, 0.05) is 57.3 Å². The molecular weight excluding hydrogens is 930 g/mol. The largest absolute Gasteiger partial charge is 0.492 e. The van der Waals surface area contributed by atoms with Gasteiger partial charge in [0.1, 0.15) is 18.4 Å². The second kappa shape index (κ2) is 28.2. The second-order valence-corrected chi connectivity index (χ2v) is 17.4. The highest BCUT2D eigenvalue weighted by Gasteiger charge is 2.45. The molecule has 0 aliphatic carbocycles. The average Bonchev–Trinajstić information content (AvgIpc) is 3.65. The molecule has 7 rings (SSSR count). The normalized spacial score (nSPS) is 16.5. The molecule has 16 nitrogen and oxygen atoms in total. The number of carbonyl (C=O) groups is 5. The average molecular weight is 995 g/mol. The van der Waals surface area contributed by atoms with Crippen LogP contribution in [0.3, 0.4) is 0 Å². The van der Waals surface area contributed by atoms with Gasteiger partial charge in [-0.25, -0.2) is 0 Å². The number of fused-ring (bicyclic) bond motifs is 1. The van der Waals surface area contributed by atoms with Crippen LogP contribution in [0.1, 0.15) is 63.1 Å². The molecule has 3 aliphatic rings. The molecule has 378 valence electrons. The van der Waals surface area contributed by atoms with Crippen molar-refractivity contribution in [2.24, 2.45) is 0 Å². The standard InChI is InChI=1S/C54H64ClN5O11/c55-22-20-44(40-8-3-1-4-9-40)50(41-10-5-2-6-11-41)42-14-16-43(17-15-42)71-31-28-58-24-26-59(27-25-58)49(62)21-29-66-32-34-68-36-38-70-39-37-69-35-33-67-30-23-56-46-13-7-12-45-51(46)54(65)60(53(45)64)47-18-19-48(61)57-52(47)63/h1-17,47,56H,18-39H2,(H,57,61,63)/b50-44-. The summed E-state index contributed by atoms with van der Waals surface area (Å²) >= 11 is 6.33. The molecule has 0 bridgehead atoms. The van der Waals surface area contributed by atoms with Crippen LogP contribution in [-0.4, -0.2) is 168 Å². The Balaban J connectivity index is 0.662. The van der Waals surface area contributed by atoms with E-state index in [1.807, 2.05) is 29.2 Å². The molecule has 3 aliphatic heterocycles. The third-order valence-corrected chi connectivity index (χ3v) is 12.5. The van der Waals surface area contributed by atoms with E-state index in [9.17, 15) is 24.0 Å². The first-order valence-corrected chi connectivity index (χ1v) is 25.0. The van der Waals surface area contributed by atoms with Crippen LogP contribution in [0, 0.1) is 0 Å². The Kier molecular flexibility index (Phi) is 21.0. The molecule has 0 radical (unpaired) electrons. The Morgan fingerprint density at radius 3 is 1.83 bits per heavy atom. The Bertz CT molecular complexity index is 2400. The topological polar surface area (TPSA) is 175 Å². The highest BCUT2D eigenvalue weighted by Crippen LogP contribution is 2.36. The summed E-state index contributed by atoms with van der Waals surface area (Å²) < 4.78 is 34.2. The minimum absolute atomic E-state index is 0.0599. The maximum atomic E-state index is 13.2. The van der Waals surface area contributed by atoms with E-state index in [1.54, 1.807) is 18.2 Å². The van der Waals surface area contributed by atoms with Crippen molar-refractivity contribution in [3.05, 3.63) is 131 Å². The van der Waals surface area contributed by atoms with Gasteiger partial charge >= 0.3 is 0 Å². The molecule has 0 saturated carbocycles. The lowest BCUT2D eigenvalue weighted by atomic mass is 9.88. The van der Waals surface area contributed by atoms with E-state index in [1.165, 1.54) is 11.1 Å². The number of anilines is 1. The number of alkyl halides is 1. The van der Waals surface area contributed by atoms with Gasteiger partial charge in [0.2, 0.25) is 17.7 Å². The van der Waals surface area contributed by atoms with E-state index in [0.29, 0.717) is 110 Å². The van der Waals surface area contributed by atoms with Crippen LogP contribution in [0.2, 0.25) is 0 Å². The molecule has 1 atom stereocenters. The van der Waals surface area contributed by atoms with E-state index < -0.39 is 29.7 Å². The van der Waals surface area contributed by atoms with E-state index in [4.69, 9.17) is 40.0 Å². The first-order chi connectivity index (χ1) is 34.8. The molecule has 0 spiro atoms. The summed E-state index contributed by atoms with van der Waals surface area (Å²) in [7, 11) is 0. The number of nitrogens with one attached hydrogen (secondary N) is 2. The third kappa shape index (κ3) is 15.3. The fourth-order valence-electron chi connectivity index (χ4n) is 8.72. The van der Waals surface area contributed by atoms with E-state index >= 15 is 0 Å². The van der Waals surface area contributed by atoms with Crippen molar-refractivity contribution in [3.63, 3.8) is 0 Å². The summed E-state index contributed by atoms with van der Waals surface area (Å²) in [5, 5.41) is 5.35. The molecule has 2 saturated heterocycles. The molecule has 71 heavy (non-hydrogen) atoms. The number of halogens is 1. The first kappa shape index (κ1) is 52.8. The number of nitrogens with zero attached hydrogens (tertiary/aromatic N) is 3. The monoisotopic (exact) mass is 993 g/mol. The first-order valence-electron chi connectivity index (χ1n) is 24.4. The van der Waals surface area contributed by atoms with Crippen molar-refractivity contribution in [3.8, 4) is 5.75 Å². The van der Waals surface area contributed by atoms with Gasteiger partial charge in [0.05, 0.1) is 83.6 Å². The smallest absolute Gasteiger partial charge is 0.264 e. The summed E-state index contributed by atoms with van der Waals surface area (Å²) in [6.07, 6.45) is 1.24. The molecular formula is C54H64ClN5O11. The zero-order chi connectivity index (χ0) is 49.6. The van der Waals surface area contributed by atoms with Crippen LogP contribution in [0.25, 0.3) is 11.1 Å². The third-order valence-electron chi connectivity index (χ3n) is 12.4. The zero-order valence-electron chi connectivity index (χ0n) is 40.2. The lowest BCUT2D eigenvalue weighted by Gasteiger charge is -2.34. The summed E-state index contributed by atoms with van der Waals surface area (Å²) in [5.41, 5.74) is 6.69. The lowest BCUT2D eigenvalue weighted by molar-refractivity contribution is -0.136. The summed E-state index contributed by atoms with van der Waals surface area (Å²) in [5.74, 6) is -0.746. The van der Waals surface area contributed by atoms with Gasteiger partial charge in [0.25, 0.3) is 11.8 Å². The number of imide groups is 2. The van der Waals surface area contributed by atoms with Gasteiger partial charge in [-0.1, -0.05) is 78.9 Å². The van der Waals surface area contributed by atoms with Gasteiger partial charge in [-0.15, -0.1) is 11.6 Å². The van der Waals surface area contributed by atoms with Crippen LogP contribution < -0.4 is 15.4 Å². The van der Waals surface area contributed by atoms with Gasteiger partial charge in [-0.3, -0.25) is 39.1 Å². The number of carbonyl (C=O) groups excluding carboxylic acids is 5. The summed E-state index contributed by atoms with van der Waals surface area (Å²) in [4.78, 5) is 68.2. The molecule has 17 heteroatoms. The molecule has 2 N–H and O–H groups in total. The predicted molar refractivity (Wildman–Crippen MR) is 269 cm³/mol. The minimum atomic E-state index is -1.02. The van der Waals surface area contributed by atoms with Gasteiger partial charge in [0.15, 0.2) is 0 Å². The SMILES string of the molecule is O=C1CCC(N2C(=O)c3cccc(NCCOCCOCCOCCOCCOCCC(=O)N4CCN(CCOc5ccc(/C(=C(/CCCl)c6ccccc6)c6ccccc6)cc5)CC4)c3C2=O)C(=O)N1. The Morgan fingerprint density at radius 1 is 0.620 bits per heavy atom. The molecule has 3 heterocycles. The molecule has 5 amide bonds. The Morgan fingerprint density at radius 2 is 1.21 bits per heavy atom. The molecule has 4 aromatic rings. The molecule has 4 aromatic carbocycles. The van der Waals surface area contributed by atoms with E-state index in [-0.39, 0.29) is 29.9 Å². The predicted octanol–water partition coefficient (Wildman–Crippen LogP) is 5.78. The summed E-state index contributed by atoms with van der Waals surface area (Å²) in [6.45, 7) is 8.50. The second-order valence-electron chi connectivity index (χ2n) is 17.0. The fourth-order valence-corrected chi connectivity index (χ4v) is 8.91. The van der Waals surface area contributed by atoms with Gasteiger partial charge < -0.3 is 38.6 Å². The van der Waals surface area contributed by atoms with E-state index in [2.05, 4.69) is 76.2 Å². The molecule has 1 unspecified atom stereocenters. The number of hydrogen-bond donors (Lipinski definition) is 2. The number of allylic oxidation sites excluding steroid dienone is 1. The zero-order valence-corrected chi connectivity index (χ0v) is 40.9. The Labute approximate surface area is 420 Å². The van der Waals surface area contributed by atoms with Crippen molar-refractivity contribution in [1.29, 1.82) is 0 Å². The van der Waals surface area contributed by atoms with Crippen LogP contribution in [0.15, 0.2) is 103 Å². The highest BCUT2D eigenvalue weighted by molar-refractivity contribution is 6.25. The number of piperidine rings is 1. The van der Waals surface area contributed by atoms with Gasteiger partial charge in [-0.05, 0) is 64.9 Å². The van der Waals surface area contributed by atoms with Crippen LogP contribution in [-0.2, 0) is 38.1 Å². The van der Waals surface area contributed by atoms with Gasteiger partial charge in [-0.2, -0.15) is 0 Å². The van der Waals surface area contributed by atoms with Crippen molar-refractivity contribution >= 4 is 58.0 Å². The van der Waals surface area contributed by atoms with Crippen molar-refractivity contribution in [2.45, 2.75) is 31.7 Å². The number of hydrogen-bond acceptors (Lipinski definition) is 13. The Hall–Kier alpha value is -5.98. The number of rotatable bonds is 29. The van der Waals surface area contributed by atoms with Crippen molar-refractivity contribution < 1.29 is 52.4 Å². The van der Waals surface area contributed by atoms with E-state index in [0.717, 1.165) is 53.4 Å². The maximum absolute atomic E-state index is 13.2. The number of piperazine rings is 1. The quantitative estimate of drug-likeness (QED) is 0.0290. The van der Waals surface area contributed by atoms with Crippen molar-refractivity contribution in [2.75, 3.05) is 123 Å². The lowest BCUT2D eigenvalue weighted by Crippen LogP contribution is -2.54. The molecule has 0 aromatic heterocycles. The van der Waals surface area contributed by atoms with Crippen LogP contribution in [0.5, 0.6) is 5.75 Å². The minimum Gasteiger partial charge on any atom is -0.492 e. The maximum Gasteiger partial charge on any atom is 0.264 e. The van der Waals surface area contributed by atoms with Crippen LogP contribution in [0.4, 0.5) is 5.69 Å². The fraction of sp³-hybridized carbons (Fsp3) is 0.426. The number of ether oxygens (including phenoxy) is 6.